The van der Waals surface area contributed by atoms with Crippen molar-refractivity contribution >= 4 is 19.9 Å². The third-order valence-corrected chi connectivity index (χ3v) is 7.88. The van der Waals surface area contributed by atoms with E-state index >= 15 is 0 Å². The fourth-order valence-electron chi connectivity index (χ4n) is 2.69. The van der Waals surface area contributed by atoms with E-state index in [1.807, 2.05) is 6.92 Å². The first kappa shape index (κ1) is 15.2. The Morgan fingerprint density at radius 2 is 1.68 bits per heavy atom. The van der Waals surface area contributed by atoms with Crippen LogP contribution in [0.15, 0.2) is 0 Å². The molecule has 2 N–H and O–H groups in total. The van der Waals surface area contributed by atoms with Crippen LogP contribution in [0.1, 0.15) is 32.6 Å². The Hall–Kier alpha value is -0.180. The van der Waals surface area contributed by atoms with Crippen LogP contribution in [0.25, 0.3) is 0 Å². The Kier molecular flexibility index (Phi) is 4.25. The van der Waals surface area contributed by atoms with Crippen LogP contribution in [0.4, 0.5) is 0 Å². The van der Waals surface area contributed by atoms with E-state index in [-0.39, 0.29) is 24.3 Å². The summed E-state index contributed by atoms with van der Waals surface area (Å²) in [5.74, 6) is -0.0340. The smallest absolute Gasteiger partial charge is 0.215 e. The van der Waals surface area contributed by atoms with Gasteiger partial charge in [0, 0.05) is 5.54 Å². The second kappa shape index (κ2) is 5.31. The second-order valence-corrected chi connectivity index (χ2v) is 10.1. The molecule has 0 aromatic rings. The summed E-state index contributed by atoms with van der Waals surface area (Å²) in [5, 5.41) is 2.63. The predicted octanol–water partition coefficient (Wildman–Crippen LogP) is -0.375. The van der Waals surface area contributed by atoms with E-state index in [1.165, 1.54) is 0 Å². The van der Waals surface area contributed by atoms with Gasteiger partial charge in [0.15, 0.2) is 0 Å². The van der Waals surface area contributed by atoms with Crippen LogP contribution < -0.4 is 10.0 Å². The van der Waals surface area contributed by atoms with Crippen LogP contribution in [-0.4, -0.2) is 52.2 Å². The van der Waals surface area contributed by atoms with Crippen molar-refractivity contribution in [1.29, 1.82) is 0 Å². The quantitative estimate of drug-likeness (QED) is 0.742. The van der Waals surface area contributed by atoms with E-state index < -0.39 is 30.6 Å². The van der Waals surface area contributed by atoms with Gasteiger partial charge in [-0.1, -0.05) is 0 Å². The molecule has 0 saturated carbocycles. The molecule has 0 bridgehead atoms. The van der Waals surface area contributed by atoms with Gasteiger partial charge in [0.25, 0.3) is 0 Å². The zero-order chi connectivity index (χ0) is 14.1. The highest BCUT2D eigenvalue weighted by Gasteiger charge is 2.38. The first-order valence-corrected chi connectivity index (χ1v) is 10.0. The average Bonchev–Trinajstić information content (AvgIpc) is 2.27. The lowest BCUT2D eigenvalue weighted by Crippen LogP contribution is -2.55. The molecule has 0 atom stereocenters. The molecule has 19 heavy (non-hydrogen) atoms. The molecule has 6 nitrogen and oxygen atoms in total. The Morgan fingerprint density at radius 1 is 1.16 bits per heavy atom. The summed E-state index contributed by atoms with van der Waals surface area (Å²) >= 11 is 0. The molecule has 0 aromatic heterocycles. The van der Waals surface area contributed by atoms with Gasteiger partial charge in [-0.2, -0.15) is 0 Å². The topological polar surface area (TPSA) is 92.3 Å². The van der Waals surface area contributed by atoms with Gasteiger partial charge in [0.2, 0.25) is 10.0 Å². The van der Waals surface area contributed by atoms with Crippen molar-refractivity contribution in [2.45, 2.75) is 43.4 Å². The lowest BCUT2D eigenvalue weighted by Gasteiger charge is -2.36. The maximum absolute atomic E-state index is 12.3. The summed E-state index contributed by atoms with van der Waals surface area (Å²) in [7, 11) is -6.46. The molecular weight excluding hydrogens is 288 g/mol. The minimum atomic E-state index is -3.43. The first-order chi connectivity index (χ1) is 8.73. The second-order valence-electron chi connectivity index (χ2n) is 5.81. The normalized spacial score (nSPS) is 28.1. The van der Waals surface area contributed by atoms with E-state index in [0.717, 1.165) is 25.9 Å². The van der Waals surface area contributed by atoms with Gasteiger partial charge in [-0.05, 0) is 45.7 Å². The SMILES string of the molecule is CC1(NS(=O)(=O)C2CCS(=O)(=O)CC2)CCNCC1. The van der Waals surface area contributed by atoms with Crippen LogP contribution in [0.3, 0.4) is 0 Å². The first-order valence-electron chi connectivity index (χ1n) is 6.66. The lowest BCUT2D eigenvalue weighted by atomic mass is 9.92. The molecule has 0 aromatic carbocycles. The summed E-state index contributed by atoms with van der Waals surface area (Å²) < 4.78 is 50.2. The number of rotatable bonds is 3. The van der Waals surface area contributed by atoms with Gasteiger partial charge in [-0.3, -0.25) is 0 Å². The Labute approximate surface area is 115 Å². The molecule has 0 aliphatic carbocycles. The van der Waals surface area contributed by atoms with E-state index in [2.05, 4.69) is 10.0 Å². The highest BCUT2D eigenvalue weighted by Crippen LogP contribution is 2.24. The van der Waals surface area contributed by atoms with Crippen LogP contribution in [-0.2, 0) is 19.9 Å². The Morgan fingerprint density at radius 3 is 2.21 bits per heavy atom. The molecule has 8 heteroatoms. The molecule has 0 radical (unpaired) electrons. The van der Waals surface area contributed by atoms with Crippen LogP contribution >= 0.6 is 0 Å². The molecule has 2 rings (SSSR count). The predicted molar refractivity (Wildman–Crippen MR) is 74.2 cm³/mol. The number of hydrogen-bond donors (Lipinski definition) is 2. The van der Waals surface area contributed by atoms with E-state index in [1.54, 1.807) is 0 Å². The van der Waals surface area contributed by atoms with Crippen molar-refractivity contribution in [2.75, 3.05) is 24.6 Å². The Balaban J connectivity index is 2.02. The number of hydrogen-bond acceptors (Lipinski definition) is 5. The summed E-state index contributed by atoms with van der Waals surface area (Å²) in [6.45, 7) is 3.53. The molecule has 2 heterocycles. The maximum atomic E-state index is 12.3. The highest BCUT2D eigenvalue weighted by atomic mass is 32.2. The van der Waals surface area contributed by atoms with Gasteiger partial charge in [0.1, 0.15) is 9.84 Å². The standard InChI is InChI=1S/C11H22N2O4S2/c1-11(4-6-12-7-5-11)13-19(16,17)10-2-8-18(14,15)9-3-10/h10,12-13H,2-9H2,1H3. The molecule has 0 unspecified atom stereocenters. The zero-order valence-electron chi connectivity index (χ0n) is 11.2. The number of sulfone groups is 1. The molecule has 112 valence electrons. The van der Waals surface area contributed by atoms with Gasteiger partial charge < -0.3 is 5.32 Å². The number of sulfonamides is 1. The van der Waals surface area contributed by atoms with Crippen molar-refractivity contribution < 1.29 is 16.8 Å². The van der Waals surface area contributed by atoms with E-state index in [0.29, 0.717) is 0 Å². The van der Waals surface area contributed by atoms with Crippen molar-refractivity contribution in [1.82, 2.24) is 10.0 Å². The van der Waals surface area contributed by atoms with E-state index in [4.69, 9.17) is 0 Å². The van der Waals surface area contributed by atoms with Gasteiger partial charge >= 0.3 is 0 Å². The van der Waals surface area contributed by atoms with Crippen molar-refractivity contribution in [2.24, 2.45) is 0 Å². The number of piperidine rings is 1. The third-order valence-electron chi connectivity index (χ3n) is 4.04. The molecule has 2 saturated heterocycles. The fraction of sp³-hybridized carbons (Fsp3) is 1.00. The summed E-state index contributed by atoms with van der Waals surface area (Å²) in [6.07, 6.45) is 1.95. The molecular formula is C11H22N2O4S2. The highest BCUT2D eigenvalue weighted by molar-refractivity contribution is 7.92. The third kappa shape index (κ3) is 3.90. The molecule has 0 spiro atoms. The van der Waals surface area contributed by atoms with Crippen molar-refractivity contribution in [3.8, 4) is 0 Å². The van der Waals surface area contributed by atoms with Crippen LogP contribution in [0, 0.1) is 0 Å². The Bertz CT molecular complexity index is 507. The van der Waals surface area contributed by atoms with Crippen molar-refractivity contribution in [3.05, 3.63) is 0 Å². The van der Waals surface area contributed by atoms with Gasteiger partial charge in [-0.15, -0.1) is 0 Å². The molecule has 2 aliphatic heterocycles. The fourth-order valence-corrected chi connectivity index (χ4v) is 6.39. The van der Waals surface area contributed by atoms with Gasteiger partial charge in [0.05, 0.1) is 16.8 Å². The monoisotopic (exact) mass is 310 g/mol. The minimum Gasteiger partial charge on any atom is -0.317 e. The molecule has 2 fully saturated rings. The summed E-state index contributed by atoms with van der Waals surface area (Å²) in [5.41, 5.74) is -0.402. The van der Waals surface area contributed by atoms with Crippen LogP contribution in [0.2, 0.25) is 0 Å². The average molecular weight is 310 g/mol. The largest absolute Gasteiger partial charge is 0.317 e. The molecule has 2 aliphatic rings. The maximum Gasteiger partial charge on any atom is 0.215 e. The van der Waals surface area contributed by atoms with Crippen LogP contribution in [0.5, 0.6) is 0 Å². The minimum absolute atomic E-state index is 0.0170. The van der Waals surface area contributed by atoms with Gasteiger partial charge in [-0.25, -0.2) is 21.6 Å². The van der Waals surface area contributed by atoms with E-state index in [9.17, 15) is 16.8 Å². The summed E-state index contributed by atoms with van der Waals surface area (Å²) in [6, 6.07) is 0. The zero-order valence-corrected chi connectivity index (χ0v) is 12.8. The van der Waals surface area contributed by atoms with Crippen molar-refractivity contribution in [3.63, 3.8) is 0 Å². The lowest BCUT2D eigenvalue weighted by molar-refractivity contribution is 0.306. The summed E-state index contributed by atoms with van der Waals surface area (Å²) in [4.78, 5) is 0. The number of nitrogens with one attached hydrogen (secondary N) is 2. The molecule has 0 amide bonds.